The van der Waals surface area contributed by atoms with Crippen LogP contribution in [0.5, 0.6) is 0 Å². The first-order chi connectivity index (χ1) is 6.49. The highest BCUT2D eigenvalue weighted by molar-refractivity contribution is 6.32. The van der Waals surface area contributed by atoms with E-state index in [4.69, 9.17) is 16.7 Å². The molecule has 0 aromatic carbocycles. The van der Waals surface area contributed by atoms with Crippen molar-refractivity contribution in [1.29, 1.82) is 0 Å². The van der Waals surface area contributed by atoms with Gasteiger partial charge < -0.3 is 5.11 Å². The first-order valence-electron chi connectivity index (χ1n) is 4.48. The molecule has 14 heavy (non-hydrogen) atoms. The second-order valence-electron chi connectivity index (χ2n) is 3.33. The molecule has 0 aliphatic rings. The monoisotopic (exact) mass is 216 g/mol. The van der Waals surface area contributed by atoms with Gasteiger partial charge in [-0.05, 0) is 12.8 Å². The van der Waals surface area contributed by atoms with Gasteiger partial charge in [-0.25, -0.2) is 4.79 Å². The van der Waals surface area contributed by atoms with Crippen LogP contribution in [0.1, 0.15) is 42.7 Å². The smallest absolute Gasteiger partial charge is 0.340 e. The number of nitrogens with zero attached hydrogens (tertiary/aromatic N) is 2. The van der Waals surface area contributed by atoms with Crippen molar-refractivity contribution in [3.8, 4) is 0 Å². The van der Waals surface area contributed by atoms with E-state index in [2.05, 4.69) is 5.10 Å². The maximum Gasteiger partial charge on any atom is 0.340 e. The van der Waals surface area contributed by atoms with Crippen molar-refractivity contribution in [2.75, 3.05) is 0 Å². The summed E-state index contributed by atoms with van der Waals surface area (Å²) in [5, 5.41) is 13.3. The van der Waals surface area contributed by atoms with Gasteiger partial charge in [0, 0.05) is 6.54 Å². The van der Waals surface area contributed by atoms with E-state index in [9.17, 15) is 4.79 Å². The number of carboxylic acid groups (broad SMARTS) is 1. The van der Waals surface area contributed by atoms with E-state index in [1.807, 2.05) is 20.8 Å². The number of hydrogen-bond acceptors (Lipinski definition) is 2. The van der Waals surface area contributed by atoms with Crippen LogP contribution in [0.15, 0.2) is 0 Å². The molecular weight excluding hydrogens is 204 g/mol. The van der Waals surface area contributed by atoms with Gasteiger partial charge in [0.05, 0.1) is 5.69 Å². The summed E-state index contributed by atoms with van der Waals surface area (Å²) in [6, 6.07) is 0. The third-order valence-electron chi connectivity index (χ3n) is 1.98. The Morgan fingerprint density at radius 2 is 2.21 bits per heavy atom. The lowest BCUT2D eigenvalue weighted by atomic mass is 10.1. The molecule has 0 aliphatic carbocycles. The van der Waals surface area contributed by atoms with Crippen molar-refractivity contribution < 1.29 is 9.90 Å². The van der Waals surface area contributed by atoms with Gasteiger partial charge in [-0.1, -0.05) is 25.4 Å². The van der Waals surface area contributed by atoms with E-state index in [0.717, 1.165) is 0 Å². The minimum Gasteiger partial charge on any atom is -0.478 e. The van der Waals surface area contributed by atoms with Gasteiger partial charge in [0.1, 0.15) is 10.7 Å². The summed E-state index contributed by atoms with van der Waals surface area (Å²) in [6.07, 6.45) is 0. The number of carboxylic acids is 1. The van der Waals surface area contributed by atoms with Crippen LogP contribution in [0.4, 0.5) is 0 Å². The number of aromatic nitrogens is 2. The highest BCUT2D eigenvalue weighted by Crippen LogP contribution is 2.25. The maximum atomic E-state index is 10.9. The quantitative estimate of drug-likeness (QED) is 0.844. The largest absolute Gasteiger partial charge is 0.478 e. The van der Waals surface area contributed by atoms with E-state index in [1.54, 1.807) is 0 Å². The second-order valence-corrected chi connectivity index (χ2v) is 3.68. The molecule has 0 atom stereocenters. The molecule has 0 bridgehead atoms. The standard InChI is InChI=1S/C9H13ClN2O2/c1-4-12-8(10)6(9(13)14)7(11-12)5(2)3/h5H,4H2,1-3H3,(H,13,14). The molecule has 1 rings (SSSR count). The van der Waals surface area contributed by atoms with Crippen LogP contribution in [0.3, 0.4) is 0 Å². The fraction of sp³-hybridized carbons (Fsp3) is 0.556. The van der Waals surface area contributed by atoms with Crippen molar-refractivity contribution in [2.45, 2.75) is 33.2 Å². The minimum absolute atomic E-state index is 0.0615. The average Bonchev–Trinajstić information content (AvgIpc) is 2.42. The average molecular weight is 217 g/mol. The third kappa shape index (κ3) is 1.75. The van der Waals surface area contributed by atoms with Gasteiger partial charge >= 0.3 is 5.97 Å². The zero-order valence-electron chi connectivity index (χ0n) is 8.41. The number of hydrogen-bond donors (Lipinski definition) is 1. The van der Waals surface area contributed by atoms with Crippen LogP contribution in [-0.2, 0) is 6.54 Å². The van der Waals surface area contributed by atoms with Gasteiger partial charge in [0.2, 0.25) is 0 Å². The van der Waals surface area contributed by atoms with Crippen LogP contribution in [-0.4, -0.2) is 20.9 Å². The molecule has 5 heteroatoms. The molecule has 0 fully saturated rings. The molecule has 0 saturated heterocycles. The fourth-order valence-corrected chi connectivity index (χ4v) is 1.61. The van der Waals surface area contributed by atoms with Crippen LogP contribution in [0.2, 0.25) is 5.15 Å². The van der Waals surface area contributed by atoms with Crippen LogP contribution >= 0.6 is 11.6 Å². The van der Waals surface area contributed by atoms with Crippen LogP contribution in [0, 0.1) is 0 Å². The first-order valence-corrected chi connectivity index (χ1v) is 4.86. The number of aryl methyl sites for hydroxylation is 1. The SMILES string of the molecule is CCn1nc(C(C)C)c(C(=O)O)c1Cl. The Morgan fingerprint density at radius 3 is 2.50 bits per heavy atom. The summed E-state index contributed by atoms with van der Waals surface area (Å²) in [4.78, 5) is 10.9. The zero-order chi connectivity index (χ0) is 10.9. The Hall–Kier alpha value is -1.03. The Bertz CT molecular complexity index is 358. The van der Waals surface area contributed by atoms with Gasteiger partial charge in [-0.15, -0.1) is 0 Å². The van der Waals surface area contributed by atoms with E-state index in [-0.39, 0.29) is 16.6 Å². The zero-order valence-corrected chi connectivity index (χ0v) is 9.17. The minimum atomic E-state index is -1.02. The number of rotatable bonds is 3. The first kappa shape index (κ1) is 11.0. The van der Waals surface area contributed by atoms with Gasteiger partial charge in [0.25, 0.3) is 0 Å². The summed E-state index contributed by atoms with van der Waals surface area (Å²) in [5.41, 5.74) is 0.674. The highest BCUT2D eigenvalue weighted by Gasteiger charge is 2.23. The molecule has 1 N–H and O–H groups in total. The Balaban J connectivity index is 3.35. The van der Waals surface area contributed by atoms with E-state index in [0.29, 0.717) is 12.2 Å². The molecule has 0 spiro atoms. The Kier molecular flexibility index (Phi) is 3.16. The number of aromatic carboxylic acids is 1. The molecule has 1 aromatic heterocycles. The lowest BCUT2D eigenvalue weighted by Gasteiger charge is -2.00. The Labute approximate surface area is 87.5 Å². The normalized spacial score (nSPS) is 10.9. The topological polar surface area (TPSA) is 55.1 Å². The van der Waals surface area contributed by atoms with Crippen molar-refractivity contribution in [3.63, 3.8) is 0 Å². The van der Waals surface area contributed by atoms with Gasteiger partial charge in [-0.3, -0.25) is 4.68 Å². The molecule has 0 saturated carbocycles. The van der Waals surface area contributed by atoms with Gasteiger partial charge in [0.15, 0.2) is 0 Å². The molecule has 0 aliphatic heterocycles. The molecule has 1 heterocycles. The predicted octanol–water partition coefficient (Wildman–Crippen LogP) is 2.38. The van der Waals surface area contributed by atoms with Crippen molar-refractivity contribution >= 4 is 17.6 Å². The molecule has 4 nitrogen and oxygen atoms in total. The molecule has 0 radical (unpaired) electrons. The molecule has 78 valence electrons. The van der Waals surface area contributed by atoms with Crippen molar-refractivity contribution in [1.82, 2.24) is 9.78 Å². The number of carbonyl (C=O) groups is 1. The van der Waals surface area contributed by atoms with Crippen molar-refractivity contribution in [2.24, 2.45) is 0 Å². The number of halogens is 1. The highest BCUT2D eigenvalue weighted by atomic mass is 35.5. The molecule has 0 amide bonds. The van der Waals surface area contributed by atoms with E-state index in [1.165, 1.54) is 4.68 Å². The van der Waals surface area contributed by atoms with E-state index >= 15 is 0 Å². The summed E-state index contributed by atoms with van der Waals surface area (Å²) in [6.45, 7) is 6.23. The predicted molar refractivity (Wildman–Crippen MR) is 54.0 cm³/mol. The summed E-state index contributed by atoms with van der Waals surface area (Å²) in [5.74, 6) is -0.954. The summed E-state index contributed by atoms with van der Waals surface area (Å²) < 4.78 is 1.50. The molecule has 1 aromatic rings. The van der Waals surface area contributed by atoms with E-state index < -0.39 is 5.97 Å². The molecule has 0 unspecified atom stereocenters. The van der Waals surface area contributed by atoms with Crippen molar-refractivity contribution in [3.05, 3.63) is 16.4 Å². The fourth-order valence-electron chi connectivity index (χ4n) is 1.27. The van der Waals surface area contributed by atoms with Crippen LogP contribution in [0.25, 0.3) is 0 Å². The second kappa shape index (κ2) is 4.00. The summed E-state index contributed by atoms with van der Waals surface area (Å²) in [7, 11) is 0. The lowest BCUT2D eigenvalue weighted by molar-refractivity contribution is 0.0695. The van der Waals surface area contributed by atoms with Gasteiger partial charge in [-0.2, -0.15) is 5.10 Å². The lowest BCUT2D eigenvalue weighted by Crippen LogP contribution is -2.01. The maximum absolute atomic E-state index is 10.9. The Morgan fingerprint density at radius 1 is 1.64 bits per heavy atom. The van der Waals surface area contributed by atoms with Crippen LogP contribution < -0.4 is 0 Å². The summed E-state index contributed by atoms with van der Waals surface area (Å²) >= 11 is 5.89. The molecular formula is C9H13ClN2O2. The third-order valence-corrected chi connectivity index (χ3v) is 2.36.